The fourth-order valence-electron chi connectivity index (χ4n) is 1.74. The van der Waals surface area contributed by atoms with Gasteiger partial charge in [0.1, 0.15) is 0 Å². The number of benzene rings is 1. The van der Waals surface area contributed by atoms with Crippen molar-refractivity contribution < 1.29 is 17.9 Å². The molecule has 118 valence electrons. The molecule has 0 spiro atoms. The van der Waals surface area contributed by atoms with Gasteiger partial charge in [-0.2, -0.15) is 0 Å². The van der Waals surface area contributed by atoms with Gasteiger partial charge in [0.05, 0.1) is 17.5 Å². The lowest BCUT2D eigenvalue weighted by atomic mass is 10.1. The van der Waals surface area contributed by atoms with Crippen molar-refractivity contribution >= 4 is 16.1 Å². The topological polar surface area (TPSA) is 102 Å². The summed E-state index contributed by atoms with van der Waals surface area (Å²) < 4.78 is 27.6. The molecule has 1 aromatic carbocycles. The first-order valence-electron chi connectivity index (χ1n) is 6.39. The lowest BCUT2D eigenvalue weighted by molar-refractivity contribution is 0.177. The van der Waals surface area contributed by atoms with Gasteiger partial charge in [0.2, 0.25) is 10.0 Å². The van der Waals surface area contributed by atoms with Gasteiger partial charge in [-0.1, -0.05) is 12.1 Å². The third kappa shape index (κ3) is 5.00. The number of primary sulfonamides is 1. The molecule has 21 heavy (non-hydrogen) atoms. The number of methoxy groups -OCH3 is 1. The summed E-state index contributed by atoms with van der Waals surface area (Å²) in [6, 6.07) is 5.68. The summed E-state index contributed by atoms with van der Waals surface area (Å²) in [5.74, 6) is 0. The highest BCUT2D eigenvalue weighted by Gasteiger charge is 2.18. The number of rotatable bonds is 6. The first kappa shape index (κ1) is 17.4. The number of nitrogens with zero attached hydrogens (tertiary/aromatic N) is 1. The van der Waals surface area contributed by atoms with Crippen molar-refractivity contribution in [2.24, 2.45) is 5.14 Å². The summed E-state index contributed by atoms with van der Waals surface area (Å²) in [5, 5.41) is 7.81. The zero-order valence-electron chi connectivity index (χ0n) is 12.4. The second-order valence-corrected chi connectivity index (χ2v) is 6.19. The Morgan fingerprint density at radius 2 is 2.14 bits per heavy atom. The highest BCUT2D eigenvalue weighted by Crippen LogP contribution is 2.21. The number of nitrogens with two attached hydrogens (primary N) is 1. The van der Waals surface area contributed by atoms with Crippen molar-refractivity contribution in [1.29, 1.82) is 0 Å². The fraction of sp³-hybridized carbons (Fsp3) is 0.462. The van der Waals surface area contributed by atoms with E-state index >= 15 is 0 Å². The molecule has 0 fully saturated rings. The molecule has 0 aliphatic rings. The van der Waals surface area contributed by atoms with E-state index in [0.717, 1.165) is 0 Å². The van der Waals surface area contributed by atoms with E-state index in [-0.39, 0.29) is 17.0 Å². The summed E-state index contributed by atoms with van der Waals surface area (Å²) in [7, 11) is -0.570. The predicted molar refractivity (Wildman–Crippen MR) is 79.3 cm³/mol. The van der Waals surface area contributed by atoms with Crippen LogP contribution in [-0.4, -0.2) is 46.7 Å². The number of carbonyl (C=O) groups is 1. The number of hydrogen-bond donors (Lipinski definition) is 2. The van der Waals surface area contributed by atoms with Gasteiger partial charge in [0.25, 0.3) is 0 Å². The van der Waals surface area contributed by atoms with Gasteiger partial charge in [-0.3, -0.25) is 0 Å². The molecule has 0 unspecified atom stereocenters. The maximum atomic E-state index is 11.9. The van der Waals surface area contributed by atoms with Crippen molar-refractivity contribution in [2.45, 2.75) is 17.9 Å². The predicted octanol–water partition coefficient (Wildman–Crippen LogP) is 0.683. The van der Waals surface area contributed by atoms with Gasteiger partial charge in [-0.25, -0.2) is 18.4 Å². The molecular weight excluding hydrogens is 294 g/mol. The smallest absolute Gasteiger partial charge is 0.317 e. The van der Waals surface area contributed by atoms with E-state index in [1.807, 2.05) is 0 Å². The van der Waals surface area contributed by atoms with Crippen LogP contribution in [0.4, 0.5) is 4.79 Å². The summed E-state index contributed by atoms with van der Waals surface area (Å²) in [5.41, 5.74) is 0.686. The van der Waals surface area contributed by atoms with Crippen LogP contribution < -0.4 is 10.5 Å². The lowest BCUT2D eigenvalue weighted by Gasteiger charge is -2.25. The number of ether oxygens (including phenoxy) is 1. The molecule has 8 heteroatoms. The molecule has 0 heterocycles. The Morgan fingerprint density at radius 1 is 1.48 bits per heavy atom. The highest BCUT2D eigenvalue weighted by atomic mass is 32.2. The second kappa shape index (κ2) is 7.39. The largest absolute Gasteiger partial charge is 0.383 e. The van der Waals surface area contributed by atoms with Crippen molar-refractivity contribution in [3.8, 4) is 0 Å². The van der Waals surface area contributed by atoms with E-state index in [1.165, 1.54) is 17.0 Å². The molecule has 2 amide bonds. The van der Waals surface area contributed by atoms with Crippen LogP contribution in [0.2, 0.25) is 0 Å². The van der Waals surface area contributed by atoms with E-state index in [9.17, 15) is 13.2 Å². The van der Waals surface area contributed by atoms with Crippen LogP contribution in [0.1, 0.15) is 18.5 Å². The molecule has 7 nitrogen and oxygen atoms in total. The summed E-state index contributed by atoms with van der Waals surface area (Å²) >= 11 is 0. The molecule has 0 aromatic heterocycles. The normalized spacial score (nSPS) is 12.8. The third-order valence-corrected chi connectivity index (χ3v) is 4.06. The number of carbonyl (C=O) groups excluding carboxylic acids is 1. The second-order valence-electron chi connectivity index (χ2n) is 4.63. The zero-order valence-corrected chi connectivity index (χ0v) is 13.2. The molecule has 0 bridgehead atoms. The molecule has 1 atom stereocenters. The van der Waals surface area contributed by atoms with E-state index < -0.39 is 10.0 Å². The van der Waals surface area contributed by atoms with Gasteiger partial charge in [0.15, 0.2) is 0 Å². The van der Waals surface area contributed by atoms with Gasteiger partial charge in [0, 0.05) is 20.7 Å². The first-order valence-corrected chi connectivity index (χ1v) is 7.94. The summed E-state index contributed by atoms with van der Waals surface area (Å²) in [6.07, 6.45) is 0. The third-order valence-electron chi connectivity index (χ3n) is 3.15. The van der Waals surface area contributed by atoms with Crippen LogP contribution in [-0.2, 0) is 14.8 Å². The maximum absolute atomic E-state index is 11.9. The standard InChI is InChI=1S/C13H21N3O4S/c1-10(16(2)13(17)15-7-8-20-3)11-5-4-6-12(9-11)21(14,18)19/h4-6,9-10H,7-8H2,1-3H3,(H,15,17)(H2,14,18,19)/t10-/m0/s1. The Labute approximate surface area is 125 Å². The van der Waals surface area contributed by atoms with Crippen LogP contribution in [0.15, 0.2) is 29.2 Å². The van der Waals surface area contributed by atoms with Crippen LogP contribution in [0.5, 0.6) is 0 Å². The van der Waals surface area contributed by atoms with E-state index in [2.05, 4.69) is 5.32 Å². The van der Waals surface area contributed by atoms with Crippen LogP contribution in [0, 0.1) is 0 Å². The maximum Gasteiger partial charge on any atom is 0.317 e. The van der Waals surface area contributed by atoms with E-state index in [0.29, 0.717) is 18.7 Å². The molecule has 1 aromatic rings. The van der Waals surface area contributed by atoms with Gasteiger partial charge >= 0.3 is 6.03 Å². The minimum Gasteiger partial charge on any atom is -0.383 e. The summed E-state index contributed by atoms with van der Waals surface area (Å²) in [4.78, 5) is 13.4. The van der Waals surface area contributed by atoms with Gasteiger partial charge < -0.3 is 15.0 Å². The Hall–Kier alpha value is -1.64. The van der Waals surface area contributed by atoms with Gasteiger partial charge in [-0.15, -0.1) is 0 Å². The van der Waals surface area contributed by atoms with Crippen molar-refractivity contribution in [1.82, 2.24) is 10.2 Å². The number of hydrogen-bond acceptors (Lipinski definition) is 4. The minimum atomic E-state index is -3.76. The molecule has 0 aliphatic heterocycles. The quantitative estimate of drug-likeness (QED) is 0.754. The minimum absolute atomic E-state index is 0.0278. The number of nitrogens with one attached hydrogen (secondary N) is 1. The average molecular weight is 315 g/mol. The highest BCUT2D eigenvalue weighted by molar-refractivity contribution is 7.89. The molecule has 0 saturated carbocycles. The number of urea groups is 1. The van der Waals surface area contributed by atoms with Crippen molar-refractivity contribution in [3.05, 3.63) is 29.8 Å². The number of sulfonamides is 1. The van der Waals surface area contributed by atoms with Crippen LogP contribution in [0.25, 0.3) is 0 Å². The zero-order chi connectivity index (χ0) is 16.0. The van der Waals surface area contributed by atoms with Crippen molar-refractivity contribution in [2.75, 3.05) is 27.3 Å². The first-order chi connectivity index (χ1) is 9.77. The molecule has 1 rings (SSSR count). The number of amides is 2. The SMILES string of the molecule is COCCNC(=O)N(C)[C@@H](C)c1cccc(S(N)(=O)=O)c1. The Morgan fingerprint density at radius 3 is 2.71 bits per heavy atom. The molecule has 0 radical (unpaired) electrons. The molecule has 0 saturated heterocycles. The van der Waals surface area contributed by atoms with E-state index in [4.69, 9.17) is 9.88 Å². The van der Waals surface area contributed by atoms with E-state index in [1.54, 1.807) is 33.2 Å². The fourth-order valence-corrected chi connectivity index (χ4v) is 2.30. The van der Waals surface area contributed by atoms with Crippen LogP contribution in [0.3, 0.4) is 0 Å². The van der Waals surface area contributed by atoms with Gasteiger partial charge in [-0.05, 0) is 24.6 Å². The van der Waals surface area contributed by atoms with Crippen molar-refractivity contribution in [3.63, 3.8) is 0 Å². The monoisotopic (exact) mass is 315 g/mol. The lowest BCUT2D eigenvalue weighted by Crippen LogP contribution is -2.40. The Kier molecular flexibility index (Phi) is 6.13. The van der Waals surface area contributed by atoms with Crippen LogP contribution >= 0.6 is 0 Å². The summed E-state index contributed by atoms with van der Waals surface area (Å²) in [6.45, 7) is 2.64. The molecular formula is C13H21N3O4S. The molecule has 0 aliphatic carbocycles. The average Bonchev–Trinajstić information content (AvgIpc) is 2.45. The molecule has 3 N–H and O–H groups in total. The Balaban J connectivity index is 2.83. The Bertz CT molecular complexity index is 589.